The number of amides is 1. The van der Waals surface area contributed by atoms with Crippen LogP contribution in [0.2, 0.25) is 0 Å². The van der Waals surface area contributed by atoms with E-state index in [0.717, 1.165) is 37.6 Å². The molecule has 0 aliphatic carbocycles. The number of guanidine groups is 1. The number of ether oxygens (including phenoxy) is 1. The minimum Gasteiger partial charge on any atom is -0.497 e. The van der Waals surface area contributed by atoms with Crippen molar-refractivity contribution in [3.05, 3.63) is 24.3 Å². The largest absolute Gasteiger partial charge is 0.497 e. The molecule has 3 N–H and O–H groups in total. The lowest BCUT2D eigenvalue weighted by molar-refractivity contribution is -0.128. The van der Waals surface area contributed by atoms with E-state index in [9.17, 15) is 4.79 Å². The number of hydrogen-bond donors (Lipinski definition) is 3. The zero-order valence-electron chi connectivity index (χ0n) is 17.5. The summed E-state index contributed by atoms with van der Waals surface area (Å²) in [6, 6.07) is 8.46. The Bertz CT molecular complexity index is 666. The molecule has 0 aromatic heterocycles. The summed E-state index contributed by atoms with van der Waals surface area (Å²) in [4.78, 5) is 18.6. The van der Waals surface area contributed by atoms with Gasteiger partial charge in [0.25, 0.3) is 0 Å². The van der Waals surface area contributed by atoms with E-state index < -0.39 is 5.41 Å². The average molecular weight is 503 g/mol. The molecule has 1 aromatic rings. The molecule has 8 heteroatoms. The number of benzene rings is 1. The first kappa shape index (κ1) is 24.3. The lowest BCUT2D eigenvalue weighted by atomic mass is 9.92. The van der Waals surface area contributed by atoms with E-state index in [-0.39, 0.29) is 29.9 Å². The Hall–Kier alpha value is -1.71. The van der Waals surface area contributed by atoms with Crippen LogP contribution >= 0.6 is 24.0 Å². The molecule has 1 aromatic carbocycles. The zero-order valence-corrected chi connectivity index (χ0v) is 19.9. The number of methoxy groups -OCH3 is 1. The lowest BCUT2D eigenvalue weighted by Crippen LogP contribution is -2.53. The number of aliphatic imine (C=N–C) groups is 1. The van der Waals surface area contributed by atoms with Crippen molar-refractivity contribution in [1.82, 2.24) is 16.0 Å². The van der Waals surface area contributed by atoms with Gasteiger partial charge in [-0.15, -0.1) is 24.0 Å². The Morgan fingerprint density at radius 2 is 2.14 bits per heavy atom. The molecule has 158 valence electrons. The Kier molecular flexibility index (Phi) is 9.84. The van der Waals surface area contributed by atoms with Crippen LogP contribution in [0.4, 0.5) is 5.69 Å². The molecule has 1 fully saturated rings. The predicted octanol–water partition coefficient (Wildman–Crippen LogP) is 2.22. The molecule has 1 aliphatic rings. The van der Waals surface area contributed by atoms with Gasteiger partial charge >= 0.3 is 0 Å². The Morgan fingerprint density at radius 1 is 1.39 bits per heavy atom. The number of halogens is 1. The zero-order chi connectivity index (χ0) is 19.9. The number of piperidine rings is 1. The second-order valence-corrected chi connectivity index (χ2v) is 7.52. The van der Waals surface area contributed by atoms with E-state index >= 15 is 0 Å². The molecule has 7 nitrogen and oxygen atoms in total. The molecular weight excluding hydrogens is 469 g/mol. The lowest BCUT2D eigenvalue weighted by Gasteiger charge is -2.36. The average Bonchev–Trinajstić information content (AvgIpc) is 2.70. The van der Waals surface area contributed by atoms with E-state index in [0.29, 0.717) is 12.6 Å². The van der Waals surface area contributed by atoms with Gasteiger partial charge in [0.05, 0.1) is 12.5 Å². The summed E-state index contributed by atoms with van der Waals surface area (Å²) >= 11 is 0. The Labute approximate surface area is 185 Å². The van der Waals surface area contributed by atoms with Gasteiger partial charge in [-0.2, -0.15) is 0 Å². The van der Waals surface area contributed by atoms with Crippen LogP contribution in [0.1, 0.15) is 26.7 Å². The maximum atomic E-state index is 11.9. The van der Waals surface area contributed by atoms with Crippen molar-refractivity contribution in [1.29, 1.82) is 0 Å². The first-order valence-electron chi connectivity index (χ1n) is 9.48. The SMILES string of the molecule is CN=C(NCC(C)(C)C(=O)NC)NC1CCCN(c2cccc(OC)c2)C1.I. The molecule has 1 saturated heterocycles. The van der Waals surface area contributed by atoms with Crippen molar-refractivity contribution in [3.8, 4) is 5.75 Å². The van der Waals surface area contributed by atoms with Crippen LogP contribution < -0.4 is 25.6 Å². The molecule has 0 radical (unpaired) electrons. The van der Waals surface area contributed by atoms with Crippen LogP contribution in [0.3, 0.4) is 0 Å². The normalized spacial score (nSPS) is 17.4. The van der Waals surface area contributed by atoms with Crippen molar-refractivity contribution in [2.45, 2.75) is 32.7 Å². The molecule has 0 spiro atoms. The smallest absolute Gasteiger partial charge is 0.227 e. The fourth-order valence-electron chi connectivity index (χ4n) is 3.25. The quantitative estimate of drug-likeness (QED) is 0.315. The van der Waals surface area contributed by atoms with Gasteiger partial charge in [0, 0.05) is 51.5 Å². The fraction of sp³-hybridized carbons (Fsp3) is 0.600. The van der Waals surface area contributed by atoms with Crippen LogP contribution in [-0.4, -0.2) is 58.7 Å². The third kappa shape index (κ3) is 6.72. The van der Waals surface area contributed by atoms with Crippen LogP contribution in [0.25, 0.3) is 0 Å². The van der Waals surface area contributed by atoms with E-state index in [1.165, 1.54) is 5.69 Å². The molecule has 1 aliphatic heterocycles. The highest BCUT2D eigenvalue weighted by Crippen LogP contribution is 2.24. The first-order valence-corrected chi connectivity index (χ1v) is 9.48. The first-order chi connectivity index (χ1) is 12.9. The highest BCUT2D eigenvalue weighted by atomic mass is 127. The summed E-state index contributed by atoms with van der Waals surface area (Å²) in [6.45, 7) is 6.26. The molecule has 1 unspecified atom stereocenters. The number of hydrogen-bond acceptors (Lipinski definition) is 4. The predicted molar refractivity (Wildman–Crippen MR) is 126 cm³/mol. The van der Waals surface area contributed by atoms with Crippen molar-refractivity contribution < 1.29 is 9.53 Å². The Morgan fingerprint density at radius 3 is 2.79 bits per heavy atom. The topological polar surface area (TPSA) is 78.0 Å². The molecule has 28 heavy (non-hydrogen) atoms. The third-order valence-electron chi connectivity index (χ3n) is 4.94. The minimum absolute atomic E-state index is 0. The van der Waals surface area contributed by atoms with Crippen LogP contribution in [0, 0.1) is 5.41 Å². The Balaban J connectivity index is 0.00000392. The van der Waals surface area contributed by atoms with E-state index in [1.807, 2.05) is 26.0 Å². The van der Waals surface area contributed by atoms with Crippen molar-refractivity contribution >= 4 is 41.5 Å². The highest BCUT2D eigenvalue weighted by molar-refractivity contribution is 14.0. The van der Waals surface area contributed by atoms with Gasteiger partial charge in [-0.3, -0.25) is 9.79 Å². The van der Waals surface area contributed by atoms with Gasteiger partial charge in [0.15, 0.2) is 5.96 Å². The third-order valence-corrected chi connectivity index (χ3v) is 4.94. The molecule has 2 rings (SSSR count). The van der Waals surface area contributed by atoms with Gasteiger partial charge in [-0.25, -0.2) is 0 Å². The standard InChI is InChI=1S/C20H33N5O2.HI/c1-20(2,18(26)21-3)14-23-19(22-4)24-15-8-7-11-25(13-15)16-9-6-10-17(12-16)27-5;/h6,9-10,12,15H,7-8,11,13-14H2,1-5H3,(H,21,26)(H2,22,23,24);1H. The second kappa shape index (κ2) is 11.3. The molecule has 0 saturated carbocycles. The van der Waals surface area contributed by atoms with Crippen LogP contribution in [0.5, 0.6) is 5.75 Å². The molecular formula is C20H34IN5O2. The fourth-order valence-corrected chi connectivity index (χ4v) is 3.25. The van der Waals surface area contributed by atoms with Gasteiger partial charge in [0.2, 0.25) is 5.91 Å². The number of nitrogens with one attached hydrogen (secondary N) is 3. The van der Waals surface area contributed by atoms with Gasteiger partial charge in [-0.1, -0.05) is 6.07 Å². The minimum atomic E-state index is -0.508. The second-order valence-electron chi connectivity index (χ2n) is 7.52. The molecule has 1 heterocycles. The number of carbonyl (C=O) groups is 1. The monoisotopic (exact) mass is 503 g/mol. The van der Waals surface area contributed by atoms with Crippen molar-refractivity contribution in [2.24, 2.45) is 10.4 Å². The van der Waals surface area contributed by atoms with Crippen molar-refractivity contribution in [3.63, 3.8) is 0 Å². The maximum absolute atomic E-state index is 11.9. The number of rotatable bonds is 6. The maximum Gasteiger partial charge on any atom is 0.227 e. The van der Waals surface area contributed by atoms with Crippen molar-refractivity contribution in [2.75, 3.05) is 45.7 Å². The van der Waals surface area contributed by atoms with E-state index in [2.05, 4.69) is 38.0 Å². The number of nitrogens with zero attached hydrogens (tertiary/aromatic N) is 2. The van der Waals surface area contributed by atoms with E-state index in [4.69, 9.17) is 4.74 Å². The highest BCUT2D eigenvalue weighted by Gasteiger charge is 2.27. The molecule has 1 atom stereocenters. The van der Waals surface area contributed by atoms with E-state index in [1.54, 1.807) is 21.2 Å². The molecule has 1 amide bonds. The van der Waals surface area contributed by atoms with Gasteiger partial charge < -0.3 is 25.6 Å². The number of anilines is 1. The summed E-state index contributed by atoms with van der Waals surface area (Å²) < 4.78 is 5.34. The van der Waals surface area contributed by atoms with Crippen LogP contribution in [-0.2, 0) is 4.79 Å². The summed E-state index contributed by atoms with van der Waals surface area (Å²) in [7, 11) is 5.10. The summed E-state index contributed by atoms with van der Waals surface area (Å²) in [5.41, 5.74) is 0.663. The summed E-state index contributed by atoms with van der Waals surface area (Å²) in [6.07, 6.45) is 2.19. The van der Waals surface area contributed by atoms with Gasteiger partial charge in [0.1, 0.15) is 5.75 Å². The number of carbonyl (C=O) groups excluding carboxylic acids is 1. The molecule has 0 bridgehead atoms. The van der Waals surface area contributed by atoms with Gasteiger partial charge in [-0.05, 0) is 38.8 Å². The summed E-state index contributed by atoms with van der Waals surface area (Å²) in [5, 5.41) is 9.49. The van der Waals surface area contributed by atoms with Crippen LogP contribution in [0.15, 0.2) is 29.3 Å². The summed E-state index contributed by atoms with van der Waals surface area (Å²) in [5.74, 6) is 1.60.